The van der Waals surface area contributed by atoms with E-state index in [0.29, 0.717) is 30.3 Å². The molecule has 126 valence electrons. The number of ether oxygens (including phenoxy) is 1. The highest BCUT2D eigenvalue weighted by Crippen LogP contribution is 2.24. The average molecular weight is 325 g/mol. The lowest BCUT2D eigenvalue weighted by Gasteiger charge is -2.09. The lowest BCUT2D eigenvalue weighted by Crippen LogP contribution is -2.30. The Kier molecular flexibility index (Phi) is 7.30. The standard InChI is InChI=1S/C13H19F4N3O2/c1-8(2)22-5-3-4-18-11(21)7-20-10(13(16)17)6-9(19-20)12(14)15/h6,8,12-13H,3-5,7H2,1-2H3,(H,18,21). The fourth-order valence-corrected chi connectivity index (χ4v) is 1.67. The summed E-state index contributed by atoms with van der Waals surface area (Å²) >= 11 is 0. The molecule has 1 N–H and O–H groups in total. The van der Waals surface area contributed by atoms with Crippen molar-refractivity contribution in [1.82, 2.24) is 15.1 Å². The molecule has 0 aromatic carbocycles. The van der Waals surface area contributed by atoms with E-state index in [2.05, 4.69) is 10.4 Å². The summed E-state index contributed by atoms with van der Waals surface area (Å²) in [6.45, 7) is 3.99. The van der Waals surface area contributed by atoms with Crippen LogP contribution in [0.25, 0.3) is 0 Å². The Morgan fingerprint density at radius 1 is 1.32 bits per heavy atom. The molecule has 0 saturated carbocycles. The van der Waals surface area contributed by atoms with Gasteiger partial charge in [0.25, 0.3) is 12.9 Å². The molecule has 1 amide bonds. The van der Waals surface area contributed by atoms with Crippen molar-refractivity contribution >= 4 is 5.91 Å². The van der Waals surface area contributed by atoms with Gasteiger partial charge in [-0.2, -0.15) is 5.10 Å². The first-order chi connectivity index (χ1) is 10.3. The van der Waals surface area contributed by atoms with Gasteiger partial charge in [-0.25, -0.2) is 17.6 Å². The molecular weight excluding hydrogens is 306 g/mol. The van der Waals surface area contributed by atoms with Crippen molar-refractivity contribution in [1.29, 1.82) is 0 Å². The maximum absolute atomic E-state index is 12.7. The van der Waals surface area contributed by atoms with Gasteiger partial charge >= 0.3 is 0 Å². The normalized spacial score (nSPS) is 11.7. The number of amides is 1. The third-order valence-electron chi connectivity index (χ3n) is 2.66. The topological polar surface area (TPSA) is 56.1 Å². The van der Waals surface area contributed by atoms with Gasteiger partial charge in [0, 0.05) is 13.2 Å². The molecule has 0 atom stereocenters. The van der Waals surface area contributed by atoms with Gasteiger partial charge < -0.3 is 10.1 Å². The van der Waals surface area contributed by atoms with Gasteiger partial charge in [0.1, 0.15) is 17.9 Å². The molecule has 0 unspecified atom stereocenters. The summed E-state index contributed by atoms with van der Waals surface area (Å²) in [4.78, 5) is 11.6. The van der Waals surface area contributed by atoms with Crippen molar-refractivity contribution in [2.75, 3.05) is 13.2 Å². The van der Waals surface area contributed by atoms with E-state index in [-0.39, 0.29) is 6.10 Å². The Morgan fingerprint density at radius 2 is 2.00 bits per heavy atom. The molecule has 0 saturated heterocycles. The molecule has 1 aromatic heterocycles. The van der Waals surface area contributed by atoms with E-state index in [4.69, 9.17) is 4.74 Å². The molecule has 1 aromatic rings. The summed E-state index contributed by atoms with van der Waals surface area (Å²) in [5.74, 6) is -0.574. The highest BCUT2D eigenvalue weighted by atomic mass is 19.3. The third kappa shape index (κ3) is 6.00. The number of aromatic nitrogens is 2. The number of carbonyl (C=O) groups is 1. The van der Waals surface area contributed by atoms with Gasteiger partial charge in [-0.1, -0.05) is 0 Å². The molecule has 0 aliphatic heterocycles. The van der Waals surface area contributed by atoms with E-state index in [1.54, 1.807) is 0 Å². The Balaban J connectivity index is 2.49. The van der Waals surface area contributed by atoms with Crippen LogP contribution in [0, 0.1) is 0 Å². The van der Waals surface area contributed by atoms with Crippen molar-refractivity contribution in [3.8, 4) is 0 Å². The van der Waals surface area contributed by atoms with E-state index in [1.165, 1.54) is 0 Å². The van der Waals surface area contributed by atoms with Crippen LogP contribution in [0.2, 0.25) is 0 Å². The van der Waals surface area contributed by atoms with Gasteiger partial charge in [0.05, 0.1) is 6.10 Å². The van der Waals surface area contributed by atoms with Crippen LogP contribution in [0.3, 0.4) is 0 Å². The summed E-state index contributed by atoms with van der Waals surface area (Å²) in [5.41, 5.74) is -1.47. The Labute approximate surface area is 125 Å². The molecule has 0 radical (unpaired) electrons. The molecule has 5 nitrogen and oxygen atoms in total. The highest BCUT2D eigenvalue weighted by Gasteiger charge is 2.22. The monoisotopic (exact) mass is 325 g/mol. The number of hydrogen-bond donors (Lipinski definition) is 1. The predicted molar refractivity (Wildman–Crippen MR) is 70.9 cm³/mol. The molecular formula is C13H19F4N3O2. The molecule has 0 spiro atoms. The maximum Gasteiger partial charge on any atom is 0.282 e. The minimum Gasteiger partial charge on any atom is -0.379 e. The summed E-state index contributed by atoms with van der Waals surface area (Å²) in [6.07, 6.45) is -5.30. The molecule has 22 heavy (non-hydrogen) atoms. The molecule has 0 bridgehead atoms. The summed E-state index contributed by atoms with van der Waals surface area (Å²) in [7, 11) is 0. The second kappa shape index (κ2) is 8.72. The van der Waals surface area contributed by atoms with Crippen LogP contribution in [-0.2, 0) is 16.1 Å². The molecule has 0 fully saturated rings. The first-order valence-electron chi connectivity index (χ1n) is 6.83. The number of hydrogen-bond acceptors (Lipinski definition) is 3. The Morgan fingerprint density at radius 3 is 2.55 bits per heavy atom. The van der Waals surface area contributed by atoms with Crippen LogP contribution in [0.15, 0.2) is 6.07 Å². The van der Waals surface area contributed by atoms with Crippen molar-refractivity contribution in [2.45, 2.75) is 45.8 Å². The number of halogens is 4. The summed E-state index contributed by atoms with van der Waals surface area (Å²) in [6, 6.07) is 0.610. The SMILES string of the molecule is CC(C)OCCCNC(=O)Cn1nc(C(F)F)cc1C(F)F. The molecule has 1 heterocycles. The fraction of sp³-hybridized carbons (Fsp3) is 0.692. The van der Waals surface area contributed by atoms with E-state index in [0.717, 1.165) is 0 Å². The van der Waals surface area contributed by atoms with E-state index < -0.39 is 36.7 Å². The van der Waals surface area contributed by atoms with Crippen molar-refractivity contribution < 1.29 is 27.1 Å². The van der Waals surface area contributed by atoms with E-state index in [1.807, 2.05) is 13.8 Å². The third-order valence-corrected chi connectivity index (χ3v) is 2.66. The molecule has 1 rings (SSSR count). The first kappa shape index (κ1) is 18.4. The van der Waals surface area contributed by atoms with Crippen LogP contribution < -0.4 is 5.32 Å². The average Bonchev–Trinajstić information content (AvgIpc) is 2.82. The quantitative estimate of drug-likeness (QED) is 0.561. The zero-order valence-electron chi connectivity index (χ0n) is 12.4. The van der Waals surface area contributed by atoms with Crippen LogP contribution in [-0.4, -0.2) is 34.9 Å². The zero-order chi connectivity index (χ0) is 16.7. The number of rotatable bonds is 9. The van der Waals surface area contributed by atoms with E-state index >= 15 is 0 Å². The Hall–Kier alpha value is -1.64. The van der Waals surface area contributed by atoms with E-state index in [9.17, 15) is 22.4 Å². The van der Waals surface area contributed by atoms with Crippen molar-refractivity contribution in [3.63, 3.8) is 0 Å². The summed E-state index contributed by atoms with van der Waals surface area (Å²) in [5, 5.41) is 5.84. The number of alkyl halides is 4. The molecule has 0 aliphatic rings. The Bertz CT molecular complexity index is 478. The van der Waals surface area contributed by atoms with Crippen LogP contribution in [0.1, 0.15) is 44.5 Å². The van der Waals surface area contributed by atoms with Gasteiger partial charge in [0.2, 0.25) is 5.91 Å². The lowest BCUT2D eigenvalue weighted by molar-refractivity contribution is -0.122. The largest absolute Gasteiger partial charge is 0.379 e. The van der Waals surface area contributed by atoms with Crippen LogP contribution >= 0.6 is 0 Å². The van der Waals surface area contributed by atoms with Gasteiger partial charge in [-0.05, 0) is 26.3 Å². The number of nitrogens with zero attached hydrogens (tertiary/aromatic N) is 2. The van der Waals surface area contributed by atoms with Crippen LogP contribution in [0.4, 0.5) is 17.6 Å². The van der Waals surface area contributed by atoms with Crippen LogP contribution in [0.5, 0.6) is 0 Å². The smallest absolute Gasteiger partial charge is 0.282 e. The van der Waals surface area contributed by atoms with Crippen molar-refractivity contribution in [3.05, 3.63) is 17.5 Å². The number of carbonyl (C=O) groups excluding carboxylic acids is 1. The number of nitrogens with one attached hydrogen (secondary N) is 1. The summed E-state index contributed by atoms with van der Waals surface area (Å²) < 4.78 is 56.3. The second-order valence-corrected chi connectivity index (χ2v) is 4.88. The molecule has 9 heteroatoms. The second-order valence-electron chi connectivity index (χ2n) is 4.88. The van der Waals surface area contributed by atoms with Gasteiger partial charge in [-0.3, -0.25) is 9.48 Å². The van der Waals surface area contributed by atoms with Gasteiger partial charge in [0.15, 0.2) is 0 Å². The highest BCUT2D eigenvalue weighted by molar-refractivity contribution is 5.75. The van der Waals surface area contributed by atoms with Gasteiger partial charge in [-0.15, -0.1) is 0 Å². The predicted octanol–water partition coefficient (Wildman–Crippen LogP) is 2.69. The fourth-order valence-electron chi connectivity index (χ4n) is 1.67. The van der Waals surface area contributed by atoms with Crippen molar-refractivity contribution in [2.24, 2.45) is 0 Å². The first-order valence-corrected chi connectivity index (χ1v) is 6.83. The zero-order valence-corrected chi connectivity index (χ0v) is 12.4. The molecule has 0 aliphatic carbocycles. The minimum atomic E-state index is -2.98. The maximum atomic E-state index is 12.7. The minimum absolute atomic E-state index is 0.0844. The lowest BCUT2D eigenvalue weighted by atomic mass is 10.3.